The summed E-state index contributed by atoms with van der Waals surface area (Å²) >= 11 is 0. The molecule has 0 bridgehead atoms. The lowest BCUT2D eigenvalue weighted by molar-refractivity contribution is -0.0704. The number of oxime groups is 1. The molecule has 1 atom stereocenters. The molecule has 1 aromatic heterocycles. The van der Waals surface area contributed by atoms with Crippen molar-refractivity contribution in [3.63, 3.8) is 0 Å². The van der Waals surface area contributed by atoms with E-state index in [2.05, 4.69) is 21.1 Å². The minimum absolute atomic E-state index is 0.225. The zero-order valence-corrected chi connectivity index (χ0v) is 14.1. The summed E-state index contributed by atoms with van der Waals surface area (Å²) in [5, 5.41) is 13.3. The van der Waals surface area contributed by atoms with Gasteiger partial charge in [0.1, 0.15) is 5.71 Å². The number of pyridine rings is 1. The van der Waals surface area contributed by atoms with E-state index in [9.17, 15) is 0 Å². The first-order chi connectivity index (χ1) is 12.3. The van der Waals surface area contributed by atoms with Crippen LogP contribution < -0.4 is 0 Å². The Bertz CT molecular complexity index is 810. The third kappa shape index (κ3) is 3.40. The maximum absolute atomic E-state index is 8.91. The number of hydrogen-bond acceptors (Lipinski definition) is 5. The molecule has 1 spiro atoms. The van der Waals surface area contributed by atoms with E-state index in [1.165, 1.54) is 5.56 Å². The molecular formula is C20H20N4O. The van der Waals surface area contributed by atoms with Gasteiger partial charge in [-0.3, -0.25) is 9.88 Å². The highest BCUT2D eigenvalue weighted by atomic mass is 16.7. The Balaban J connectivity index is 1.42. The van der Waals surface area contributed by atoms with Gasteiger partial charge >= 0.3 is 0 Å². The first kappa shape index (κ1) is 15.8. The van der Waals surface area contributed by atoms with Crippen molar-refractivity contribution in [1.29, 1.82) is 5.26 Å². The van der Waals surface area contributed by atoms with Crippen molar-refractivity contribution in [2.24, 2.45) is 5.16 Å². The molecule has 0 radical (unpaired) electrons. The molecule has 1 fully saturated rings. The molecule has 2 aromatic rings. The van der Waals surface area contributed by atoms with E-state index < -0.39 is 0 Å². The van der Waals surface area contributed by atoms with Gasteiger partial charge in [-0.1, -0.05) is 23.4 Å². The van der Waals surface area contributed by atoms with Crippen molar-refractivity contribution in [3.8, 4) is 6.07 Å². The minimum Gasteiger partial charge on any atom is -0.387 e. The van der Waals surface area contributed by atoms with Gasteiger partial charge in [-0.15, -0.1) is 0 Å². The highest BCUT2D eigenvalue weighted by Crippen LogP contribution is 2.35. The summed E-state index contributed by atoms with van der Waals surface area (Å²) in [6.45, 7) is 2.80. The fourth-order valence-corrected chi connectivity index (χ4v) is 3.68. The second kappa shape index (κ2) is 6.66. The van der Waals surface area contributed by atoms with Crippen LogP contribution in [0.25, 0.3) is 0 Å². The van der Waals surface area contributed by atoms with Gasteiger partial charge in [0, 0.05) is 25.7 Å². The molecule has 1 saturated heterocycles. The summed E-state index contributed by atoms with van der Waals surface area (Å²) in [6.07, 6.45) is 4.73. The molecule has 0 amide bonds. The largest absolute Gasteiger partial charge is 0.387 e. The molecule has 0 saturated carbocycles. The van der Waals surface area contributed by atoms with Crippen molar-refractivity contribution < 1.29 is 4.84 Å². The summed E-state index contributed by atoms with van der Waals surface area (Å²) in [5.41, 5.74) is 3.55. The van der Waals surface area contributed by atoms with Crippen LogP contribution in [0.4, 0.5) is 0 Å². The second-order valence-electron chi connectivity index (χ2n) is 6.83. The van der Waals surface area contributed by atoms with Crippen molar-refractivity contribution in [1.82, 2.24) is 9.88 Å². The molecule has 126 valence electrons. The standard InChI is InChI=1S/C20H20N4O/c21-13-16-5-7-17(8-6-16)14-24-11-3-9-20(15-24)12-19(23-25-20)18-4-1-2-10-22-18/h1-2,4-8,10H,3,9,11-12,14-15H2. The molecule has 0 N–H and O–H groups in total. The van der Waals surface area contributed by atoms with Crippen LogP contribution in [0.5, 0.6) is 0 Å². The van der Waals surface area contributed by atoms with E-state index in [-0.39, 0.29) is 5.60 Å². The average molecular weight is 332 g/mol. The molecule has 1 unspecified atom stereocenters. The van der Waals surface area contributed by atoms with Crippen LogP contribution in [0.3, 0.4) is 0 Å². The number of aromatic nitrogens is 1. The number of likely N-dealkylation sites (tertiary alicyclic amines) is 1. The number of nitriles is 1. The van der Waals surface area contributed by atoms with Crippen LogP contribution in [0.15, 0.2) is 53.8 Å². The molecule has 5 heteroatoms. The third-order valence-electron chi connectivity index (χ3n) is 4.91. The minimum atomic E-state index is -0.225. The highest BCUT2D eigenvalue weighted by Gasteiger charge is 2.43. The summed E-state index contributed by atoms with van der Waals surface area (Å²) < 4.78 is 0. The molecule has 4 rings (SSSR count). The van der Waals surface area contributed by atoms with Crippen LogP contribution in [0.1, 0.15) is 36.1 Å². The van der Waals surface area contributed by atoms with Crippen LogP contribution in [-0.4, -0.2) is 34.3 Å². The summed E-state index contributed by atoms with van der Waals surface area (Å²) in [7, 11) is 0. The van der Waals surface area contributed by atoms with Gasteiger partial charge in [-0.2, -0.15) is 5.26 Å². The first-order valence-electron chi connectivity index (χ1n) is 8.64. The number of rotatable bonds is 3. The lowest BCUT2D eigenvalue weighted by Crippen LogP contribution is -2.47. The van der Waals surface area contributed by atoms with Crippen LogP contribution in [0.2, 0.25) is 0 Å². The Morgan fingerprint density at radius 2 is 2.08 bits per heavy atom. The normalized spacial score (nSPS) is 23.1. The Morgan fingerprint density at radius 3 is 2.84 bits per heavy atom. The van der Waals surface area contributed by atoms with Gasteiger partial charge in [0.25, 0.3) is 0 Å². The Morgan fingerprint density at radius 1 is 1.20 bits per heavy atom. The molecule has 2 aliphatic heterocycles. The molecule has 0 aliphatic carbocycles. The number of nitrogens with zero attached hydrogens (tertiary/aromatic N) is 4. The predicted molar refractivity (Wildman–Crippen MR) is 94.9 cm³/mol. The van der Waals surface area contributed by atoms with Gasteiger partial charge in [0.2, 0.25) is 0 Å². The Hall–Kier alpha value is -2.71. The SMILES string of the molecule is N#Cc1ccc(CN2CCCC3(CC(c4ccccn4)=NO3)C2)cc1. The van der Waals surface area contributed by atoms with E-state index in [1.54, 1.807) is 6.20 Å². The zero-order chi connectivity index (χ0) is 17.1. The summed E-state index contributed by atoms with van der Waals surface area (Å²) in [6, 6.07) is 15.9. The maximum Gasteiger partial charge on any atom is 0.156 e. The van der Waals surface area contributed by atoms with Gasteiger partial charge in [0.15, 0.2) is 5.60 Å². The fraction of sp³-hybridized carbons (Fsp3) is 0.350. The van der Waals surface area contributed by atoms with Gasteiger partial charge in [-0.05, 0) is 49.2 Å². The van der Waals surface area contributed by atoms with E-state index in [4.69, 9.17) is 10.1 Å². The average Bonchev–Trinajstić information content (AvgIpc) is 3.06. The van der Waals surface area contributed by atoms with E-state index in [1.807, 2.05) is 42.5 Å². The molecular weight excluding hydrogens is 312 g/mol. The molecule has 2 aliphatic rings. The van der Waals surface area contributed by atoms with Crippen LogP contribution >= 0.6 is 0 Å². The highest BCUT2D eigenvalue weighted by molar-refractivity contribution is 6.00. The van der Waals surface area contributed by atoms with Gasteiger partial charge in [0.05, 0.1) is 17.3 Å². The topological polar surface area (TPSA) is 61.5 Å². The molecule has 5 nitrogen and oxygen atoms in total. The molecule has 1 aromatic carbocycles. The Labute approximate surface area is 147 Å². The quantitative estimate of drug-likeness (QED) is 0.866. The van der Waals surface area contributed by atoms with Gasteiger partial charge < -0.3 is 4.84 Å². The number of piperidine rings is 1. The maximum atomic E-state index is 8.91. The number of benzene rings is 1. The first-order valence-corrected chi connectivity index (χ1v) is 8.64. The fourth-order valence-electron chi connectivity index (χ4n) is 3.68. The molecule has 3 heterocycles. The smallest absolute Gasteiger partial charge is 0.156 e. The summed E-state index contributed by atoms with van der Waals surface area (Å²) in [4.78, 5) is 12.7. The van der Waals surface area contributed by atoms with E-state index in [0.717, 1.165) is 50.3 Å². The van der Waals surface area contributed by atoms with Crippen LogP contribution in [-0.2, 0) is 11.4 Å². The van der Waals surface area contributed by atoms with Gasteiger partial charge in [-0.25, -0.2) is 0 Å². The number of hydrogen-bond donors (Lipinski definition) is 0. The molecule has 25 heavy (non-hydrogen) atoms. The zero-order valence-electron chi connectivity index (χ0n) is 14.1. The lowest BCUT2D eigenvalue weighted by atomic mass is 9.87. The van der Waals surface area contributed by atoms with Crippen molar-refractivity contribution in [2.75, 3.05) is 13.1 Å². The predicted octanol–water partition coefficient (Wildman–Crippen LogP) is 3.11. The second-order valence-corrected chi connectivity index (χ2v) is 6.83. The van der Waals surface area contributed by atoms with Crippen molar-refractivity contribution >= 4 is 5.71 Å². The van der Waals surface area contributed by atoms with E-state index >= 15 is 0 Å². The van der Waals surface area contributed by atoms with Crippen molar-refractivity contribution in [3.05, 3.63) is 65.5 Å². The lowest BCUT2D eigenvalue weighted by Gasteiger charge is -2.38. The Kier molecular flexibility index (Phi) is 4.21. The van der Waals surface area contributed by atoms with E-state index in [0.29, 0.717) is 5.56 Å². The summed E-state index contributed by atoms with van der Waals surface area (Å²) in [5.74, 6) is 0. The monoisotopic (exact) mass is 332 g/mol. The van der Waals surface area contributed by atoms with Crippen LogP contribution in [0, 0.1) is 11.3 Å². The third-order valence-corrected chi connectivity index (χ3v) is 4.91. The van der Waals surface area contributed by atoms with Crippen molar-refractivity contribution in [2.45, 2.75) is 31.4 Å².